The smallest absolute Gasteiger partial charge is 0.349 e. The summed E-state index contributed by atoms with van der Waals surface area (Å²) in [6.07, 6.45) is -1.66. The van der Waals surface area contributed by atoms with Gasteiger partial charge in [0.25, 0.3) is 0 Å². The average Bonchev–Trinajstić information content (AvgIpc) is 2.03. The highest BCUT2D eigenvalue weighted by atomic mass is 17.5. The lowest BCUT2D eigenvalue weighted by Gasteiger charge is -2.04. The van der Waals surface area contributed by atoms with Crippen molar-refractivity contribution < 1.29 is 34.6 Å². The summed E-state index contributed by atoms with van der Waals surface area (Å²) in [6, 6.07) is 0. The van der Waals surface area contributed by atoms with Crippen LogP contribution in [-0.2, 0) is 24.4 Å². The Balaban J connectivity index is 3.46. The molecule has 0 heterocycles. The summed E-state index contributed by atoms with van der Waals surface area (Å²) >= 11 is 0. The van der Waals surface area contributed by atoms with Gasteiger partial charge >= 0.3 is 11.9 Å². The van der Waals surface area contributed by atoms with Crippen LogP contribution in [0.25, 0.3) is 0 Å². The van der Waals surface area contributed by atoms with Crippen LogP contribution in [0.4, 0.5) is 0 Å². The van der Waals surface area contributed by atoms with Gasteiger partial charge in [-0.15, -0.1) is 0 Å². The van der Waals surface area contributed by atoms with Gasteiger partial charge in [-0.1, -0.05) is 0 Å². The Labute approximate surface area is 73.7 Å². The van der Waals surface area contributed by atoms with Gasteiger partial charge in [0.1, 0.15) is 0 Å². The summed E-state index contributed by atoms with van der Waals surface area (Å²) < 4.78 is 0. The van der Waals surface area contributed by atoms with E-state index in [4.69, 9.17) is 10.2 Å². The number of aliphatic hydroxyl groups is 2. The van der Waals surface area contributed by atoms with Crippen LogP contribution in [0.5, 0.6) is 0 Å². The van der Waals surface area contributed by atoms with Crippen LogP contribution >= 0.6 is 0 Å². The number of aliphatic hydroxyl groups excluding tert-OH is 2. The maximum Gasteiger partial charge on any atom is 0.349 e. The number of hydrogen-bond donors (Lipinski definition) is 2. The van der Waals surface area contributed by atoms with Crippen LogP contribution in [0, 0.1) is 0 Å². The number of carbonyl (C=O) groups excluding carboxylic acids is 2. The molecule has 0 amide bonds. The number of hydrogen-bond acceptors (Lipinski definition) is 7. The van der Waals surface area contributed by atoms with Crippen molar-refractivity contribution in [1.29, 1.82) is 0 Å². The van der Waals surface area contributed by atoms with E-state index >= 15 is 0 Å². The maximum absolute atomic E-state index is 10.6. The Morgan fingerprint density at radius 2 is 2.00 bits per heavy atom. The minimum absolute atomic E-state index is 0.447. The van der Waals surface area contributed by atoms with Crippen molar-refractivity contribution in [3.63, 3.8) is 0 Å². The van der Waals surface area contributed by atoms with Crippen molar-refractivity contribution in [3.05, 3.63) is 0 Å². The fourth-order valence-corrected chi connectivity index (χ4v) is 0.394. The zero-order valence-electron chi connectivity index (χ0n) is 6.93. The molecule has 13 heavy (non-hydrogen) atoms. The van der Waals surface area contributed by atoms with Gasteiger partial charge in [-0.3, -0.25) is 9.78 Å². The van der Waals surface area contributed by atoms with Crippen molar-refractivity contribution in [2.45, 2.75) is 19.4 Å². The SMILES string of the molecule is CC(=O)OOOC(=O)CC(O)CO. The van der Waals surface area contributed by atoms with Gasteiger partial charge in [-0.2, -0.15) is 0 Å². The van der Waals surface area contributed by atoms with Crippen molar-refractivity contribution in [2.24, 2.45) is 0 Å². The van der Waals surface area contributed by atoms with Gasteiger partial charge in [0, 0.05) is 12.0 Å². The van der Waals surface area contributed by atoms with Crippen LogP contribution in [0.3, 0.4) is 0 Å². The maximum atomic E-state index is 10.6. The molecule has 7 nitrogen and oxygen atoms in total. The number of rotatable bonds is 5. The third-order valence-electron chi connectivity index (χ3n) is 0.891. The second-order valence-electron chi connectivity index (χ2n) is 2.14. The molecule has 0 bridgehead atoms. The Morgan fingerprint density at radius 1 is 1.38 bits per heavy atom. The second-order valence-corrected chi connectivity index (χ2v) is 2.14. The molecule has 0 aromatic rings. The van der Waals surface area contributed by atoms with Gasteiger partial charge in [0.2, 0.25) is 0 Å². The molecule has 0 aromatic carbocycles. The molecule has 1 atom stereocenters. The summed E-state index contributed by atoms with van der Waals surface area (Å²) in [7, 11) is 0. The average molecular weight is 194 g/mol. The molecule has 0 aliphatic rings. The first-order valence-electron chi connectivity index (χ1n) is 3.39. The minimum atomic E-state index is -1.21. The lowest BCUT2D eigenvalue weighted by atomic mass is 10.3. The first kappa shape index (κ1) is 11.8. The molecule has 0 radical (unpaired) electrons. The zero-order valence-corrected chi connectivity index (χ0v) is 6.93. The Kier molecular flexibility index (Phi) is 5.77. The lowest BCUT2D eigenvalue weighted by molar-refractivity contribution is -0.459. The van der Waals surface area contributed by atoms with E-state index in [0.717, 1.165) is 6.92 Å². The molecule has 0 aliphatic carbocycles. The molecular weight excluding hydrogens is 184 g/mol. The Morgan fingerprint density at radius 3 is 2.46 bits per heavy atom. The van der Waals surface area contributed by atoms with E-state index in [2.05, 4.69) is 14.8 Å². The molecule has 0 fully saturated rings. The molecule has 7 heteroatoms. The first-order chi connectivity index (χ1) is 6.06. The fraction of sp³-hybridized carbons (Fsp3) is 0.667. The predicted molar refractivity (Wildman–Crippen MR) is 36.7 cm³/mol. The standard InChI is InChI=1S/C6H10O7/c1-4(8)11-13-12-6(10)2-5(9)3-7/h5,7,9H,2-3H2,1H3. The van der Waals surface area contributed by atoms with E-state index in [0.29, 0.717) is 0 Å². The molecule has 0 saturated carbocycles. The third-order valence-corrected chi connectivity index (χ3v) is 0.891. The largest absolute Gasteiger partial charge is 0.394 e. The predicted octanol–water partition coefficient (Wildman–Crippen LogP) is -1.32. The highest BCUT2D eigenvalue weighted by Gasteiger charge is 2.12. The highest BCUT2D eigenvalue weighted by Crippen LogP contribution is 1.94. The van der Waals surface area contributed by atoms with E-state index in [9.17, 15) is 9.59 Å². The van der Waals surface area contributed by atoms with Crippen LogP contribution in [0.2, 0.25) is 0 Å². The summed E-state index contributed by atoms with van der Waals surface area (Å²) in [5.74, 6) is -1.74. The Bertz CT molecular complexity index is 178. The lowest BCUT2D eigenvalue weighted by Crippen LogP contribution is -2.19. The highest BCUT2D eigenvalue weighted by molar-refractivity contribution is 5.69. The van der Waals surface area contributed by atoms with E-state index in [1.807, 2.05) is 0 Å². The molecule has 0 saturated heterocycles. The van der Waals surface area contributed by atoms with E-state index in [-0.39, 0.29) is 0 Å². The third kappa shape index (κ3) is 7.19. The Hall–Kier alpha value is -1.18. The van der Waals surface area contributed by atoms with Gasteiger partial charge in [-0.05, 0) is 0 Å². The molecule has 0 spiro atoms. The molecule has 2 N–H and O–H groups in total. The van der Waals surface area contributed by atoms with Gasteiger partial charge in [-0.25, -0.2) is 9.59 Å². The molecule has 0 rings (SSSR count). The quantitative estimate of drug-likeness (QED) is 0.413. The van der Waals surface area contributed by atoms with Gasteiger partial charge in [0.15, 0.2) is 0 Å². The summed E-state index contributed by atoms with van der Waals surface area (Å²) in [5.41, 5.74) is 0. The molecule has 76 valence electrons. The minimum Gasteiger partial charge on any atom is -0.394 e. The first-order valence-corrected chi connectivity index (χ1v) is 3.39. The monoisotopic (exact) mass is 194 g/mol. The van der Waals surface area contributed by atoms with Crippen LogP contribution in [0.15, 0.2) is 0 Å². The van der Waals surface area contributed by atoms with Crippen molar-refractivity contribution in [1.82, 2.24) is 0 Å². The molecular formula is C6H10O7. The second kappa shape index (κ2) is 6.35. The molecule has 1 unspecified atom stereocenters. The van der Waals surface area contributed by atoms with Crippen molar-refractivity contribution >= 4 is 11.9 Å². The van der Waals surface area contributed by atoms with Crippen molar-refractivity contribution in [2.75, 3.05) is 6.61 Å². The van der Waals surface area contributed by atoms with Crippen LogP contribution in [-0.4, -0.2) is 34.9 Å². The number of carbonyl (C=O) groups is 2. The molecule has 0 aromatic heterocycles. The van der Waals surface area contributed by atoms with E-state index in [1.54, 1.807) is 0 Å². The fourth-order valence-electron chi connectivity index (χ4n) is 0.394. The normalized spacial score (nSPS) is 11.9. The zero-order chi connectivity index (χ0) is 10.3. The summed E-state index contributed by atoms with van der Waals surface area (Å²) in [5, 5.41) is 20.7. The van der Waals surface area contributed by atoms with Crippen LogP contribution in [0.1, 0.15) is 13.3 Å². The van der Waals surface area contributed by atoms with Crippen molar-refractivity contribution in [3.8, 4) is 0 Å². The summed E-state index contributed by atoms with van der Waals surface area (Å²) in [4.78, 5) is 28.3. The van der Waals surface area contributed by atoms with Gasteiger partial charge in [0.05, 0.1) is 19.1 Å². The van der Waals surface area contributed by atoms with E-state index < -0.39 is 31.1 Å². The van der Waals surface area contributed by atoms with Gasteiger partial charge < -0.3 is 10.2 Å². The van der Waals surface area contributed by atoms with E-state index in [1.165, 1.54) is 0 Å². The van der Waals surface area contributed by atoms with Crippen LogP contribution < -0.4 is 0 Å². The summed E-state index contributed by atoms with van der Waals surface area (Å²) in [6.45, 7) is 0.485. The topological polar surface area (TPSA) is 102 Å². The molecule has 0 aliphatic heterocycles.